The number of rotatable bonds is 5. The number of nitrogens with one attached hydrogen (secondary N) is 1. The maximum atomic E-state index is 13.6. The molecule has 1 rings (SSSR count). The van der Waals surface area contributed by atoms with Gasteiger partial charge in [-0.1, -0.05) is 13.8 Å². The molecule has 0 aromatic heterocycles. The highest BCUT2D eigenvalue weighted by molar-refractivity contribution is 9.10. The summed E-state index contributed by atoms with van der Waals surface area (Å²) in [6, 6.07) is 2.02. The van der Waals surface area contributed by atoms with Crippen molar-refractivity contribution in [3.8, 4) is 0 Å². The van der Waals surface area contributed by atoms with E-state index >= 15 is 0 Å². The predicted molar refractivity (Wildman–Crippen MR) is 74.5 cm³/mol. The Balaban J connectivity index is 2.98. The van der Waals surface area contributed by atoms with Crippen molar-refractivity contribution in [3.63, 3.8) is 0 Å². The Morgan fingerprint density at radius 2 is 2.05 bits per heavy atom. The monoisotopic (exact) mass is 354 g/mol. The summed E-state index contributed by atoms with van der Waals surface area (Å²) in [5.41, 5.74) is 5.65. The highest BCUT2D eigenvalue weighted by Gasteiger charge is 2.22. The normalized spacial score (nSPS) is 13.8. The number of benzene rings is 1. The minimum absolute atomic E-state index is 0.109. The second kappa shape index (κ2) is 6.17. The van der Waals surface area contributed by atoms with E-state index in [1.165, 1.54) is 0 Å². The van der Waals surface area contributed by atoms with Crippen molar-refractivity contribution in [2.45, 2.75) is 24.8 Å². The molecule has 0 saturated heterocycles. The summed E-state index contributed by atoms with van der Waals surface area (Å²) in [6.45, 7) is 3.31. The highest BCUT2D eigenvalue weighted by atomic mass is 79.9. The number of aliphatic hydroxyl groups is 1. The Hall–Kier alpha value is -0.700. The molecule has 8 heteroatoms. The Morgan fingerprint density at radius 1 is 1.47 bits per heavy atom. The van der Waals surface area contributed by atoms with Gasteiger partial charge in [-0.15, -0.1) is 0 Å². The Labute approximate surface area is 120 Å². The number of halogens is 2. The molecule has 5 nitrogen and oxygen atoms in total. The van der Waals surface area contributed by atoms with Gasteiger partial charge in [-0.25, -0.2) is 17.5 Å². The first kappa shape index (κ1) is 16.4. The molecule has 1 aromatic carbocycles. The first-order valence-corrected chi connectivity index (χ1v) is 7.85. The first-order chi connectivity index (χ1) is 8.65. The quantitative estimate of drug-likeness (QED) is 0.698. The van der Waals surface area contributed by atoms with Gasteiger partial charge < -0.3 is 10.8 Å². The maximum Gasteiger partial charge on any atom is 0.243 e. The molecule has 0 radical (unpaired) electrons. The third-order valence-electron chi connectivity index (χ3n) is 2.59. The van der Waals surface area contributed by atoms with Crippen LogP contribution in [0.25, 0.3) is 0 Å². The number of hydrogen-bond acceptors (Lipinski definition) is 4. The van der Waals surface area contributed by atoms with E-state index in [1.807, 2.05) is 0 Å². The van der Waals surface area contributed by atoms with Crippen LogP contribution in [0.5, 0.6) is 0 Å². The molecule has 1 aromatic rings. The molecule has 1 atom stereocenters. The van der Waals surface area contributed by atoms with Crippen LogP contribution in [0, 0.1) is 11.7 Å². The lowest BCUT2D eigenvalue weighted by Crippen LogP contribution is -2.35. The highest BCUT2D eigenvalue weighted by Crippen LogP contribution is 2.25. The lowest BCUT2D eigenvalue weighted by atomic mass is 10.1. The summed E-state index contributed by atoms with van der Waals surface area (Å²) in [4.78, 5) is -0.538. The summed E-state index contributed by atoms with van der Waals surface area (Å²) in [7, 11) is -4.04. The zero-order chi connectivity index (χ0) is 14.8. The van der Waals surface area contributed by atoms with Crippen LogP contribution in [0.15, 0.2) is 21.5 Å². The molecular weight excluding hydrogens is 339 g/mol. The van der Waals surface area contributed by atoms with Gasteiger partial charge in [0.15, 0.2) is 0 Å². The van der Waals surface area contributed by atoms with E-state index in [2.05, 4.69) is 20.7 Å². The van der Waals surface area contributed by atoms with Crippen LogP contribution in [-0.2, 0) is 10.0 Å². The van der Waals surface area contributed by atoms with Gasteiger partial charge in [-0.05, 0) is 34.0 Å². The van der Waals surface area contributed by atoms with E-state index < -0.39 is 26.8 Å². The smallest absolute Gasteiger partial charge is 0.243 e. The molecule has 19 heavy (non-hydrogen) atoms. The molecule has 0 aliphatic carbocycles. The second-order valence-corrected chi connectivity index (χ2v) is 7.06. The van der Waals surface area contributed by atoms with Gasteiger partial charge in [0.05, 0.1) is 6.10 Å². The van der Waals surface area contributed by atoms with Gasteiger partial charge in [0.2, 0.25) is 10.0 Å². The summed E-state index contributed by atoms with van der Waals surface area (Å²) >= 11 is 3.01. The van der Waals surface area contributed by atoms with E-state index in [1.54, 1.807) is 13.8 Å². The Kier molecular flexibility index (Phi) is 5.31. The second-order valence-electron chi connectivity index (χ2n) is 4.47. The molecular formula is C11H16BrFN2O3S. The van der Waals surface area contributed by atoms with Crippen LogP contribution < -0.4 is 10.5 Å². The lowest BCUT2D eigenvalue weighted by Gasteiger charge is -2.15. The van der Waals surface area contributed by atoms with Gasteiger partial charge in [-0.3, -0.25) is 0 Å². The molecule has 0 saturated carbocycles. The molecule has 0 aliphatic heterocycles. The summed E-state index contributed by atoms with van der Waals surface area (Å²) < 4.78 is 39.9. The third-order valence-corrected chi connectivity index (χ3v) is 4.72. The number of sulfonamides is 1. The number of anilines is 1. The van der Waals surface area contributed by atoms with Gasteiger partial charge >= 0.3 is 0 Å². The van der Waals surface area contributed by atoms with E-state index in [0.29, 0.717) is 0 Å². The average Bonchev–Trinajstić information content (AvgIpc) is 2.30. The Morgan fingerprint density at radius 3 is 2.58 bits per heavy atom. The number of nitrogen functional groups attached to an aromatic ring is 1. The number of aliphatic hydroxyl groups excluding tert-OH is 1. The molecule has 0 bridgehead atoms. The summed E-state index contributed by atoms with van der Waals surface area (Å²) in [6.07, 6.45) is -0.842. The van der Waals surface area contributed by atoms with E-state index in [4.69, 9.17) is 5.73 Å². The molecule has 0 amide bonds. The lowest BCUT2D eigenvalue weighted by molar-refractivity contribution is 0.129. The summed E-state index contributed by atoms with van der Waals surface area (Å²) in [5, 5.41) is 9.55. The van der Waals surface area contributed by atoms with Gasteiger partial charge in [-0.2, -0.15) is 0 Å². The van der Waals surface area contributed by atoms with E-state index in [-0.39, 0.29) is 22.6 Å². The molecule has 0 spiro atoms. The van der Waals surface area contributed by atoms with Crippen molar-refractivity contribution in [1.82, 2.24) is 4.72 Å². The third kappa shape index (κ3) is 4.13. The average molecular weight is 355 g/mol. The number of hydrogen-bond donors (Lipinski definition) is 3. The van der Waals surface area contributed by atoms with Crippen LogP contribution >= 0.6 is 15.9 Å². The van der Waals surface area contributed by atoms with Crippen molar-refractivity contribution in [3.05, 3.63) is 22.4 Å². The zero-order valence-electron chi connectivity index (χ0n) is 10.5. The minimum atomic E-state index is -4.04. The van der Waals surface area contributed by atoms with Crippen LogP contribution in [0.2, 0.25) is 0 Å². The largest absolute Gasteiger partial charge is 0.398 e. The van der Waals surface area contributed by atoms with Crippen molar-refractivity contribution < 1.29 is 17.9 Å². The van der Waals surface area contributed by atoms with E-state index in [0.717, 1.165) is 12.1 Å². The molecule has 0 aliphatic rings. The topological polar surface area (TPSA) is 92.4 Å². The minimum Gasteiger partial charge on any atom is -0.398 e. The number of nitrogens with two attached hydrogens (primary N) is 1. The van der Waals surface area contributed by atoms with Gasteiger partial charge in [0.25, 0.3) is 0 Å². The van der Waals surface area contributed by atoms with Crippen LogP contribution in [-0.4, -0.2) is 26.2 Å². The fourth-order valence-electron chi connectivity index (χ4n) is 1.26. The predicted octanol–water partition coefficient (Wildman–Crippen LogP) is 1.47. The first-order valence-electron chi connectivity index (χ1n) is 5.57. The molecule has 1 unspecified atom stereocenters. The Bertz CT molecular complexity index is 563. The van der Waals surface area contributed by atoms with Crippen LogP contribution in [0.3, 0.4) is 0 Å². The maximum absolute atomic E-state index is 13.6. The standard InChI is InChI=1S/C11H16BrFN2O3S/c1-6(2)10(16)5-15-19(17,18)11-4-9(14)7(12)3-8(11)13/h3-4,6,10,15-16H,5,14H2,1-2H3. The molecule has 0 fully saturated rings. The van der Waals surface area contributed by atoms with Crippen molar-refractivity contribution in [1.29, 1.82) is 0 Å². The fraction of sp³-hybridized carbons (Fsp3) is 0.455. The van der Waals surface area contributed by atoms with Crippen LogP contribution in [0.4, 0.5) is 10.1 Å². The summed E-state index contributed by atoms with van der Waals surface area (Å²) in [5.74, 6) is -1.02. The van der Waals surface area contributed by atoms with Crippen LogP contribution in [0.1, 0.15) is 13.8 Å². The molecule has 0 heterocycles. The van der Waals surface area contributed by atoms with Gasteiger partial charge in [0.1, 0.15) is 10.7 Å². The van der Waals surface area contributed by atoms with Crippen molar-refractivity contribution in [2.24, 2.45) is 5.92 Å². The van der Waals surface area contributed by atoms with Gasteiger partial charge in [0, 0.05) is 16.7 Å². The molecule has 108 valence electrons. The van der Waals surface area contributed by atoms with Crippen molar-refractivity contribution in [2.75, 3.05) is 12.3 Å². The SMILES string of the molecule is CC(C)C(O)CNS(=O)(=O)c1cc(N)c(Br)cc1F. The zero-order valence-corrected chi connectivity index (χ0v) is 12.9. The fourth-order valence-corrected chi connectivity index (χ4v) is 2.72. The van der Waals surface area contributed by atoms with Crippen molar-refractivity contribution >= 4 is 31.6 Å². The molecule has 4 N–H and O–H groups in total. The van der Waals surface area contributed by atoms with E-state index in [9.17, 15) is 17.9 Å².